The van der Waals surface area contributed by atoms with Crippen LogP contribution in [0, 0.1) is 0 Å². The summed E-state index contributed by atoms with van der Waals surface area (Å²) in [4.78, 5) is 22.8. The summed E-state index contributed by atoms with van der Waals surface area (Å²) in [6.07, 6.45) is 2.09. The second-order valence-electron chi connectivity index (χ2n) is 4.14. The highest BCUT2D eigenvalue weighted by Crippen LogP contribution is 2.24. The molecular formula is C13H11N3OS. The van der Waals surface area contributed by atoms with Crippen molar-refractivity contribution < 1.29 is 4.79 Å². The van der Waals surface area contributed by atoms with Crippen LogP contribution >= 0.6 is 11.3 Å². The average Bonchev–Trinajstić information content (AvgIpc) is 2.95. The molecule has 4 nitrogen and oxygen atoms in total. The van der Waals surface area contributed by atoms with Crippen molar-refractivity contribution in [2.75, 3.05) is 0 Å². The fourth-order valence-corrected chi connectivity index (χ4v) is 2.71. The summed E-state index contributed by atoms with van der Waals surface area (Å²) in [5.41, 5.74) is 3.89. The monoisotopic (exact) mass is 257 g/mol. The largest absolute Gasteiger partial charge is 0.345 e. The maximum atomic E-state index is 11.1. The molecule has 0 aliphatic carbocycles. The van der Waals surface area contributed by atoms with Gasteiger partial charge in [0, 0.05) is 10.9 Å². The third-order valence-electron chi connectivity index (χ3n) is 2.67. The lowest BCUT2D eigenvalue weighted by molar-refractivity contribution is -0.116. The minimum atomic E-state index is 0.139. The summed E-state index contributed by atoms with van der Waals surface area (Å²) >= 11 is 1.52. The Balaban J connectivity index is 1.97. The van der Waals surface area contributed by atoms with Gasteiger partial charge in [-0.2, -0.15) is 0 Å². The number of ketones is 1. The molecule has 0 saturated carbocycles. The zero-order valence-corrected chi connectivity index (χ0v) is 10.6. The minimum Gasteiger partial charge on any atom is -0.345 e. The van der Waals surface area contributed by atoms with Gasteiger partial charge in [0.25, 0.3) is 0 Å². The molecule has 3 rings (SSSR count). The Kier molecular flexibility index (Phi) is 2.68. The number of aromatic amines is 1. The summed E-state index contributed by atoms with van der Waals surface area (Å²) in [6, 6.07) is 5.98. The first kappa shape index (κ1) is 11.1. The fourth-order valence-electron chi connectivity index (χ4n) is 1.83. The molecule has 0 radical (unpaired) electrons. The smallest absolute Gasteiger partial charge is 0.136 e. The Bertz CT molecular complexity index is 714. The summed E-state index contributed by atoms with van der Waals surface area (Å²) < 4.78 is 0. The SMILES string of the molecule is CC(=O)Cc1nc(-c2ccc3nc[nH]c3c2)cs1. The van der Waals surface area contributed by atoms with Crippen LogP contribution in [0.5, 0.6) is 0 Å². The van der Waals surface area contributed by atoms with E-state index >= 15 is 0 Å². The van der Waals surface area contributed by atoms with Crippen LogP contribution in [0.3, 0.4) is 0 Å². The molecule has 90 valence electrons. The van der Waals surface area contributed by atoms with Gasteiger partial charge in [0.05, 0.1) is 29.5 Å². The van der Waals surface area contributed by atoms with E-state index in [4.69, 9.17) is 0 Å². The number of nitrogens with one attached hydrogen (secondary N) is 1. The van der Waals surface area contributed by atoms with E-state index in [1.807, 2.05) is 23.6 Å². The number of imidazole rings is 1. The Morgan fingerprint density at radius 2 is 2.33 bits per heavy atom. The Hall–Kier alpha value is -2.01. The Morgan fingerprint density at radius 3 is 3.17 bits per heavy atom. The number of benzene rings is 1. The lowest BCUT2D eigenvalue weighted by Crippen LogP contribution is -1.95. The van der Waals surface area contributed by atoms with Gasteiger partial charge in [0.2, 0.25) is 0 Å². The van der Waals surface area contributed by atoms with Crippen molar-refractivity contribution in [3.05, 3.63) is 34.9 Å². The highest BCUT2D eigenvalue weighted by molar-refractivity contribution is 7.10. The number of aromatic nitrogens is 3. The second-order valence-corrected chi connectivity index (χ2v) is 5.08. The molecular weight excluding hydrogens is 246 g/mol. The van der Waals surface area contributed by atoms with Gasteiger partial charge in [-0.05, 0) is 19.1 Å². The van der Waals surface area contributed by atoms with Crippen molar-refractivity contribution in [2.24, 2.45) is 0 Å². The molecule has 5 heteroatoms. The molecule has 0 amide bonds. The predicted molar refractivity (Wildman–Crippen MR) is 71.6 cm³/mol. The van der Waals surface area contributed by atoms with Crippen molar-refractivity contribution >= 4 is 28.2 Å². The van der Waals surface area contributed by atoms with E-state index in [0.717, 1.165) is 27.3 Å². The van der Waals surface area contributed by atoms with Crippen LogP contribution in [0.25, 0.3) is 22.3 Å². The lowest BCUT2D eigenvalue weighted by Gasteiger charge is -1.96. The van der Waals surface area contributed by atoms with E-state index in [9.17, 15) is 4.79 Å². The van der Waals surface area contributed by atoms with Gasteiger partial charge >= 0.3 is 0 Å². The average molecular weight is 257 g/mol. The van der Waals surface area contributed by atoms with Crippen LogP contribution in [-0.2, 0) is 11.2 Å². The first-order valence-electron chi connectivity index (χ1n) is 5.60. The van der Waals surface area contributed by atoms with Gasteiger partial charge in [-0.15, -0.1) is 11.3 Å². The standard InChI is InChI=1S/C13H11N3OS/c1-8(17)4-13-16-12(6-18-13)9-2-3-10-11(5-9)15-7-14-10/h2-3,5-7H,4H2,1H3,(H,14,15). The molecule has 1 aromatic carbocycles. The third kappa shape index (κ3) is 2.04. The quantitative estimate of drug-likeness (QED) is 0.785. The van der Waals surface area contributed by atoms with Crippen LogP contribution in [0.2, 0.25) is 0 Å². The van der Waals surface area contributed by atoms with Gasteiger partial charge in [0.15, 0.2) is 0 Å². The van der Waals surface area contributed by atoms with E-state index in [-0.39, 0.29) is 5.78 Å². The van der Waals surface area contributed by atoms with Crippen LogP contribution in [0.15, 0.2) is 29.9 Å². The zero-order chi connectivity index (χ0) is 12.5. The van der Waals surface area contributed by atoms with E-state index in [2.05, 4.69) is 15.0 Å². The first-order valence-corrected chi connectivity index (χ1v) is 6.48. The molecule has 0 saturated heterocycles. The molecule has 0 atom stereocenters. The van der Waals surface area contributed by atoms with E-state index in [0.29, 0.717) is 6.42 Å². The maximum Gasteiger partial charge on any atom is 0.136 e. The van der Waals surface area contributed by atoms with E-state index in [1.54, 1.807) is 13.3 Å². The molecule has 2 aromatic heterocycles. The van der Waals surface area contributed by atoms with Crippen molar-refractivity contribution in [3.8, 4) is 11.3 Å². The number of fused-ring (bicyclic) bond motifs is 1. The summed E-state index contributed by atoms with van der Waals surface area (Å²) in [5, 5.41) is 2.85. The van der Waals surface area contributed by atoms with Crippen LogP contribution in [0.1, 0.15) is 11.9 Å². The molecule has 18 heavy (non-hydrogen) atoms. The number of hydrogen-bond acceptors (Lipinski definition) is 4. The second kappa shape index (κ2) is 4.34. The zero-order valence-electron chi connectivity index (χ0n) is 9.80. The van der Waals surface area contributed by atoms with E-state index < -0.39 is 0 Å². The van der Waals surface area contributed by atoms with E-state index in [1.165, 1.54) is 11.3 Å². The van der Waals surface area contributed by atoms with Crippen LogP contribution in [0.4, 0.5) is 0 Å². The maximum absolute atomic E-state index is 11.1. The lowest BCUT2D eigenvalue weighted by atomic mass is 10.1. The van der Waals surface area contributed by atoms with Crippen molar-refractivity contribution in [2.45, 2.75) is 13.3 Å². The minimum absolute atomic E-state index is 0.139. The molecule has 0 aliphatic heterocycles. The molecule has 0 spiro atoms. The summed E-state index contributed by atoms with van der Waals surface area (Å²) in [6.45, 7) is 1.58. The Morgan fingerprint density at radius 1 is 1.44 bits per heavy atom. The number of H-pyrrole nitrogens is 1. The molecule has 2 heterocycles. The fraction of sp³-hybridized carbons (Fsp3) is 0.154. The highest BCUT2D eigenvalue weighted by Gasteiger charge is 2.07. The number of nitrogens with zero attached hydrogens (tertiary/aromatic N) is 2. The molecule has 1 N–H and O–H groups in total. The van der Waals surface area contributed by atoms with Gasteiger partial charge in [-0.3, -0.25) is 4.79 Å². The van der Waals surface area contributed by atoms with Gasteiger partial charge in [-0.25, -0.2) is 9.97 Å². The van der Waals surface area contributed by atoms with Gasteiger partial charge in [0.1, 0.15) is 10.8 Å². The van der Waals surface area contributed by atoms with Gasteiger partial charge in [-0.1, -0.05) is 6.07 Å². The van der Waals surface area contributed by atoms with Crippen LogP contribution < -0.4 is 0 Å². The molecule has 3 aromatic rings. The number of rotatable bonds is 3. The number of Topliss-reactive ketones (excluding diaryl/α,β-unsaturated/α-hetero) is 1. The van der Waals surface area contributed by atoms with Crippen molar-refractivity contribution in [1.82, 2.24) is 15.0 Å². The topological polar surface area (TPSA) is 58.6 Å². The molecule has 0 unspecified atom stereocenters. The molecule has 0 fully saturated rings. The first-order chi connectivity index (χ1) is 8.72. The highest BCUT2D eigenvalue weighted by atomic mass is 32.1. The van der Waals surface area contributed by atoms with Gasteiger partial charge < -0.3 is 4.98 Å². The normalized spacial score (nSPS) is 10.9. The molecule has 0 aliphatic rings. The Labute approximate surface area is 108 Å². The number of carbonyl (C=O) groups excluding carboxylic acids is 1. The summed E-state index contributed by atoms with van der Waals surface area (Å²) in [7, 11) is 0. The predicted octanol–water partition coefficient (Wildman–Crippen LogP) is 2.82. The third-order valence-corrected chi connectivity index (χ3v) is 3.52. The van der Waals surface area contributed by atoms with Crippen LogP contribution in [-0.4, -0.2) is 20.7 Å². The van der Waals surface area contributed by atoms with Crippen molar-refractivity contribution in [1.29, 1.82) is 0 Å². The number of thiazole rings is 1. The summed E-state index contributed by atoms with van der Waals surface area (Å²) in [5.74, 6) is 0.139. The number of hydrogen-bond donors (Lipinski definition) is 1. The number of carbonyl (C=O) groups is 1. The molecule has 0 bridgehead atoms. The van der Waals surface area contributed by atoms with Crippen molar-refractivity contribution in [3.63, 3.8) is 0 Å².